The molecule has 0 aromatic heterocycles. The second-order valence-corrected chi connectivity index (χ2v) is 5.01. The summed E-state index contributed by atoms with van der Waals surface area (Å²) in [6.45, 7) is 4.91. The molecule has 5 heteroatoms. The van der Waals surface area contributed by atoms with Gasteiger partial charge in [0.25, 0.3) is 0 Å². The summed E-state index contributed by atoms with van der Waals surface area (Å²) in [7, 11) is 0. The van der Waals surface area contributed by atoms with Gasteiger partial charge in [0.05, 0.1) is 12.0 Å². The monoisotopic (exact) mass is 256 g/mol. The van der Waals surface area contributed by atoms with Crippen LogP contribution in [-0.4, -0.2) is 36.1 Å². The Morgan fingerprint density at radius 3 is 2.61 bits per heavy atom. The third-order valence-electron chi connectivity index (χ3n) is 3.66. The summed E-state index contributed by atoms with van der Waals surface area (Å²) in [5.74, 6) is -0.840. The topological polar surface area (TPSA) is 78.4 Å². The van der Waals surface area contributed by atoms with Gasteiger partial charge in [0.1, 0.15) is 0 Å². The zero-order chi connectivity index (χ0) is 13.5. The molecule has 18 heavy (non-hydrogen) atoms. The second-order valence-electron chi connectivity index (χ2n) is 5.01. The molecule has 0 radical (unpaired) electrons. The van der Waals surface area contributed by atoms with E-state index in [0.717, 1.165) is 25.7 Å². The van der Waals surface area contributed by atoms with Gasteiger partial charge in [-0.2, -0.15) is 0 Å². The zero-order valence-electron chi connectivity index (χ0n) is 11.2. The standard InChI is InChI=1S/C13H24N2O3/c1-3-14-12(16)9(2)15-8-10-6-4-5-7-11(10)13(17)18/h9-11,15H,3-8H2,1-2H3,(H,14,16)(H,17,18). The third kappa shape index (κ3) is 4.29. The average molecular weight is 256 g/mol. The van der Waals surface area contributed by atoms with Crippen molar-refractivity contribution >= 4 is 11.9 Å². The number of carboxylic acid groups (broad SMARTS) is 1. The zero-order valence-corrected chi connectivity index (χ0v) is 11.2. The number of rotatable bonds is 6. The molecule has 1 amide bonds. The Labute approximate surface area is 108 Å². The Hall–Kier alpha value is -1.10. The van der Waals surface area contributed by atoms with Gasteiger partial charge in [-0.1, -0.05) is 12.8 Å². The van der Waals surface area contributed by atoms with Crippen molar-refractivity contribution in [1.29, 1.82) is 0 Å². The van der Waals surface area contributed by atoms with E-state index in [9.17, 15) is 9.59 Å². The minimum absolute atomic E-state index is 0.0276. The first kappa shape index (κ1) is 15.0. The van der Waals surface area contributed by atoms with Gasteiger partial charge in [-0.05, 0) is 39.2 Å². The van der Waals surface area contributed by atoms with Gasteiger partial charge in [-0.25, -0.2) is 0 Å². The fourth-order valence-electron chi connectivity index (χ4n) is 2.53. The first-order valence-electron chi connectivity index (χ1n) is 6.80. The lowest BCUT2D eigenvalue weighted by molar-refractivity contribution is -0.144. The number of carbonyl (C=O) groups is 2. The molecule has 104 valence electrons. The van der Waals surface area contributed by atoms with Gasteiger partial charge in [-0.3, -0.25) is 9.59 Å². The number of hydrogen-bond donors (Lipinski definition) is 3. The van der Waals surface area contributed by atoms with Gasteiger partial charge in [0.2, 0.25) is 5.91 Å². The van der Waals surface area contributed by atoms with Crippen LogP contribution in [0.2, 0.25) is 0 Å². The number of nitrogens with one attached hydrogen (secondary N) is 2. The maximum atomic E-state index is 11.5. The van der Waals surface area contributed by atoms with E-state index >= 15 is 0 Å². The minimum atomic E-state index is -0.702. The molecule has 1 aliphatic carbocycles. The minimum Gasteiger partial charge on any atom is -0.481 e. The summed E-state index contributed by atoms with van der Waals surface area (Å²) in [6, 6.07) is -0.263. The van der Waals surface area contributed by atoms with Crippen molar-refractivity contribution < 1.29 is 14.7 Å². The Bertz CT molecular complexity index is 294. The maximum Gasteiger partial charge on any atom is 0.306 e. The van der Waals surface area contributed by atoms with Crippen LogP contribution in [0.25, 0.3) is 0 Å². The molecule has 0 aromatic carbocycles. The first-order chi connectivity index (χ1) is 8.56. The normalized spacial score (nSPS) is 25.4. The Kier molecular flexibility index (Phi) is 6.12. The Balaban J connectivity index is 2.40. The lowest BCUT2D eigenvalue weighted by Gasteiger charge is -2.29. The number of amides is 1. The van der Waals surface area contributed by atoms with Crippen LogP contribution in [-0.2, 0) is 9.59 Å². The maximum absolute atomic E-state index is 11.5. The summed E-state index contributed by atoms with van der Waals surface area (Å²) >= 11 is 0. The summed E-state index contributed by atoms with van der Waals surface area (Å²) in [4.78, 5) is 22.7. The molecule has 0 bridgehead atoms. The number of carboxylic acids is 1. The number of hydrogen-bond acceptors (Lipinski definition) is 3. The smallest absolute Gasteiger partial charge is 0.306 e. The summed E-state index contributed by atoms with van der Waals surface area (Å²) in [5, 5.41) is 15.1. The van der Waals surface area contributed by atoms with E-state index < -0.39 is 5.97 Å². The van der Waals surface area contributed by atoms with Crippen LogP contribution in [0.3, 0.4) is 0 Å². The fraction of sp³-hybridized carbons (Fsp3) is 0.846. The van der Waals surface area contributed by atoms with Gasteiger partial charge in [0.15, 0.2) is 0 Å². The number of carbonyl (C=O) groups excluding carboxylic acids is 1. The van der Waals surface area contributed by atoms with Crippen molar-refractivity contribution in [3.05, 3.63) is 0 Å². The van der Waals surface area contributed by atoms with E-state index in [1.165, 1.54) is 0 Å². The fourth-order valence-corrected chi connectivity index (χ4v) is 2.53. The SMILES string of the molecule is CCNC(=O)C(C)NCC1CCCCC1C(=O)O. The van der Waals surface area contributed by atoms with E-state index in [2.05, 4.69) is 10.6 Å². The van der Waals surface area contributed by atoms with Crippen LogP contribution in [0.15, 0.2) is 0 Å². The number of aliphatic carboxylic acids is 1. The number of likely N-dealkylation sites (N-methyl/N-ethyl adjacent to an activating group) is 1. The van der Waals surface area contributed by atoms with Crippen LogP contribution in [0.5, 0.6) is 0 Å². The van der Waals surface area contributed by atoms with E-state index in [-0.39, 0.29) is 23.8 Å². The largest absolute Gasteiger partial charge is 0.481 e. The summed E-state index contributed by atoms with van der Waals surface area (Å²) < 4.78 is 0. The molecule has 3 atom stereocenters. The van der Waals surface area contributed by atoms with Crippen LogP contribution < -0.4 is 10.6 Å². The van der Waals surface area contributed by atoms with Crippen molar-refractivity contribution in [2.24, 2.45) is 11.8 Å². The van der Waals surface area contributed by atoms with Crippen molar-refractivity contribution in [3.63, 3.8) is 0 Å². The molecule has 0 saturated heterocycles. The van der Waals surface area contributed by atoms with Crippen molar-refractivity contribution in [1.82, 2.24) is 10.6 Å². The predicted molar refractivity (Wildman–Crippen MR) is 69.2 cm³/mol. The molecule has 0 spiro atoms. The van der Waals surface area contributed by atoms with E-state index in [1.54, 1.807) is 0 Å². The van der Waals surface area contributed by atoms with Gasteiger partial charge < -0.3 is 15.7 Å². The second kappa shape index (κ2) is 7.36. The lowest BCUT2D eigenvalue weighted by atomic mass is 9.79. The lowest BCUT2D eigenvalue weighted by Crippen LogP contribution is -2.45. The highest BCUT2D eigenvalue weighted by atomic mass is 16.4. The molecular formula is C13H24N2O3. The first-order valence-corrected chi connectivity index (χ1v) is 6.80. The molecule has 3 unspecified atom stereocenters. The molecule has 5 nitrogen and oxygen atoms in total. The highest BCUT2D eigenvalue weighted by Crippen LogP contribution is 2.29. The molecule has 1 fully saturated rings. The van der Waals surface area contributed by atoms with Crippen molar-refractivity contribution in [2.75, 3.05) is 13.1 Å². The van der Waals surface area contributed by atoms with Crippen molar-refractivity contribution in [3.8, 4) is 0 Å². The third-order valence-corrected chi connectivity index (χ3v) is 3.66. The summed E-state index contributed by atoms with van der Waals surface area (Å²) in [5.41, 5.74) is 0. The van der Waals surface area contributed by atoms with E-state index in [0.29, 0.717) is 13.1 Å². The van der Waals surface area contributed by atoms with Gasteiger partial charge >= 0.3 is 5.97 Å². The molecule has 0 heterocycles. The quantitative estimate of drug-likeness (QED) is 0.662. The van der Waals surface area contributed by atoms with Crippen LogP contribution in [0.4, 0.5) is 0 Å². The Morgan fingerprint density at radius 1 is 1.33 bits per heavy atom. The molecular weight excluding hydrogens is 232 g/mol. The van der Waals surface area contributed by atoms with E-state index in [1.807, 2.05) is 13.8 Å². The molecule has 3 N–H and O–H groups in total. The van der Waals surface area contributed by atoms with Crippen LogP contribution in [0.1, 0.15) is 39.5 Å². The molecule has 1 aliphatic rings. The average Bonchev–Trinajstić information content (AvgIpc) is 2.36. The highest BCUT2D eigenvalue weighted by Gasteiger charge is 2.30. The van der Waals surface area contributed by atoms with Crippen LogP contribution >= 0.6 is 0 Å². The molecule has 1 rings (SSSR count). The van der Waals surface area contributed by atoms with Gasteiger partial charge in [0, 0.05) is 6.54 Å². The van der Waals surface area contributed by atoms with Crippen molar-refractivity contribution in [2.45, 2.75) is 45.6 Å². The molecule has 1 saturated carbocycles. The van der Waals surface area contributed by atoms with Gasteiger partial charge in [-0.15, -0.1) is 0 Å². The molecule has 0 aromatic rings. The molecule has 0 aliphatic heterocycles. The highest BCUT2D eigenvalue weighted by molar-refractivity contribution is 5.81. The predicted octanol–water partition coefficient (Wildman–Crippen LogP) is 0.992. The Morgan fingerprint density at radius 2 is 2.00 bits per heavy atom. The van der Waals surface area contributed by atoms with Crippen LogP contribution in [0, 0.1) is 11.8 Å². The van der Waals surface area contributed by atoms with E-state index in [4.69, 9.17) is 5.11 Å². The summed E-state index contributed by atoms with van der Waals surface area (Å²) in [6.07, 6.45) is 3.79.